The molecule has 0 amide bonds. The van der Waals surface area contributed by atoms with Crippen molar-refractivity contribution in [3.8, 4) is 5.75 Å². The summed E-state index contributed by atoms with van der Waals surface area (Å²) in [5.74, 6) is -0.203. The Labute approximate surface area is 91.9 Å². The lowest BCUT2D eigenvalue weighted by atomic mass is 10.1. The quantitative estimate of drug-likeness (QED) is 0.705. The van der Waals surface area contributed by atoms with E-state index in [-0.39, 0.29) is 5.75 Å². The molecule has 4 heteroatoms. The van der Waals surface area contributed by atoms with Crippen LogP contribution in [-0.2, 0) is 0 Å². The van der Waals surface area contributed by atoms with Crippen LogP contribution in [0.15, 0.2) is 43.0 Å². The molecule has 0 bridgehead atoms. The highest BCUT2D eigenvalue weighted by molar-refractivity contribution is 5.70. The van der Waals surface area contributed by atoms with Gasteiger partial charge in [0.2, 0.25) is 0 Å². The number of para-hydroxylation sites is 1. The molecule has 0 N–H and O–H groups in total. The fraction of sp³-hybridized carbons (Fsp3) is 0.167. The van der Waals surface area contributed by atoms with Crippen molar-refractivity contribution in [3.05, 3.63) is 48.6 Å². The summed E-state index contributed by atoms with van der Waals surface area (Å²) >= 11 is 0. The minimum absolute atomic E-state index is 0.203. The monoisotopic (exact) mass is 228 g/mol. The molecule has 16 heavy (non-hydrogen) atoms. The van der Waals surface area contributed by atoms with E-state index < -0.39 is 6.36 Å². The van der Waals surface area contributed by atoms with E-state index in [4.69, 9.17) is 0 Å². The predicted octanol–water partition coefficient (Wildman–Crippen LogP) is 4.17. The van der Waals surface area contributed by atoms with E-state index >= 15 is 0 Å². The standard InChI is InChI=1S/C12H11F3O/c1-3-6-9(2)10-7-4-5-8-11(10)16-12(13,14)15/h3-8H,1H2,2H3/b9-6+. The number of rotatable bonds is 3. The molecule has 0 heterocycles. The van der Waals surface area contributed by atoms with Gasteiger partial charge in [-0.2, -0.15) is 0 Å². The molecule has 0 radical (unpaired) electrons. The van der Waals surface area contributed by atoms with Crippen LogP contribution in [-0.4, -0.2) is 6.36 Å². The Morgan fingerprint density at radius 1 is 1.31 bits per heavy atom. The Balaban J connectivity index is 3.10. The second-order valence-corrected chi connectivity index (χ2v) is 3.13. The van der Waals surface area contributed by atoms with Crippen molar-refractivity contribution in [1.82, 2.24) is 0 Å². The maximum Gasteiger partial charge on any atom is 0.573 e. The van der Waals surface area contributed by atoms with E-state index in [0.29, 0.717) is 11.1 Å². The summed E-state index contributed by atoms with van der Waals surface area (Å²) in [4.78, 5) is 0. The van der Waals surface area contributed by atoms with Crippen molar-refractivity contribution in [2.24, 2.45) is 0 Å². The van der Waals surface area contributed by atoms with E-state index in [2.05, 4.69) is 11.3 Å². The average molecular weight is 228 g/mol. The summed E-state index contributed by atoms with van der Waals surface area (Å²) in [6.45, 7) is 5.19. The first kappa shape index (κ1) is 12.4. The second kappa shape index (κ2) is 4.88. The van der Waals surface area contributed by atoms with Gasteiger partial charge in [0.25, 0.3) is 0 Å². The van der Waals surface area contributed by atoms with E-state index in [1.807, 2.05) is 0 Å². The summed E-state index contributed by atoms with van der Waals surface area (Å²) in [5.41, 5.74) is 1.06. The highest BCUT2D eigenvalue weighted by Gasteiger charge is 2.32. The lowest BCUT2D eigenvalue weighted by molar-refractivity contribution is -0.274. The van der Waals surface area contributed by atoms with Crippen molar-refractivity contribution in [3.63, 3.8) is 0 Å². The maximum atomic E-state index is 12.1. The van der Waals surface area contributed by atoms with E-state index in [0.717, 1.165) is 0 Å². The lowest BCUT2D eigenvalue weighted by Gasteiger charge is -2.13. The van der Waals surface area contributed by atoms with Gasteiger partial charge >= 0.3 is 6.36 Å². The third-order valence-electron chi connectivity index (χ3n) is 1.91. The Bertz CT molecular complexity index is 405. The predicted molar refractivity (Wildman–Crippen MR) is 57.0 cm³/mol. The molecule has 0 aromatic heterocycles. The largest absolute Gasteiger partial charge is 0.573 e. The van der Waals surface area contributed by atoms with E-state index in [1.165, 1.54) is 18.2 Å². The van der Waals surface area contributed by atoms with Crippen molar-refractivity contribution in [2.45, 2.75) is 13.3 Å². The van der Waals surface area contributed by atoms with Crippen LogP contribution in [0.2, 0.25) is 0 Å². The summed E-state index contributed by atoms with van der Waals surface area (Å²) in [7, 11) is 0. The molecule has 0 saturated heterocycles. The topological polar surface area (TPSA) is 9.23 Å². The summed E-state index contributed by atoms with van der Waals surface area (Å²) in [6, 6.07) is 5.99. The molecule has 1 nitrogen and oxygen atoms in total. The van der Waals surface area contributed by atoms with Gasteiger partial charge in [-0.1, -0.05) is 36.9 Å². The molecule has 0 fully saturated rings. The van der Waals surface area contributed by atoms with Gasteiger partial charge < -0.3 is 4.74 Å². The number of ether oxygens (including phenoxy) is 1. The van der Waals surface area contributed by atoms with Gasteiger partial charge in [0, 0.05) is 5.56 Å². The van der Waals surface area contributed by atoms with Gasteiger partial charge in [0.15, 0.2) is 0 Å². The van der Waals surface area contributed by atoms with Crippen LogP contribution in [0.1, 0.15) is 12.5 Å². The maximum absolute atomic E-state index is 12.1. The van der Waals surface area contributed by atoms with Crippen LogP contribution < -0.4 is 4.74 Å². The molecule has 86 valence electrons. The fourth-order valence-electron chi connectivity index (χ4n) is 1.27. The molecule has 1 rings (SSSR count). The smallest absolute Gasteiger partial charge is 0.405 e. The first-order valence-corrected chi connectivity index (χ1v) is 4.58. The van der Waals surface area contributed by atoms with Gasteiger partial charge in [-0.3, -0.25) is 0 Å². The van der Waals surface area contributed by atoms with Gasteiger partial charge in [-0.15, -0.1) is 13.2 Å². The highest BCUT2D eigenvalue weighted by Crippen LogP contribution is 2.30. The zero-order chi connectivity index (χ0) is 12.2. The summed E-state index contributed by atoms with van der Waals surface area (Å²) in [6.07, 6.45) is -1.54. The van der Waals surface area contributed by atoms with Crippen molar-refractivity contribution in [1.29, 1.82) is 0 Å². The molecule has 0 spiro atoms. The van der Waals surface area contributed by atoms with Crippen LogP contribution in [0.4, 0.5) is 13.2 Å². The molecule has 1 aromatic carbocycles. The van der Waals surface area contributed by atoms with Crippen molar-refractivity contribution < 1.29 is 17.9 Å². The normalized spacial score (nSPS) is 12.4. The average Bonchev–Trinajstić information content (AvgIpc) is 2.16. The fourth-order valence-corrected chi connectivity index (χ4v) is 1.27. The third kappa shape index (κ3) is 3.46. The van der Waals surface area contributed by atoms with Gasteiger partial charge in [-0.05, 0) is 18.6 Å². The van der Waals surface area contributed by atoms with E-state index in [9.17, 15) is 13.2 Å². The third-order valence-corrected chi connectivity index (χ3v) is 1.91. The molecule has 0 atom stereocenters. The minimum Gasteiger partial charge on any atom is -0.405 e. The van der Waals surface area contributed by atoms with Crippen molar-refractivity contribution in [2.75, 3.05) is 0 Å². The summed E-state index contributed by atoms with van der Waals surface area (Å²) < 4.78 is 40.3. The summed E-state index contributed by atoms with van der Waals surface area (Å²) in [5, 5.41) is 0. The van der Waals surface area contributed by atoms with Gasteiger partial charge in [0.05, 0.1) is 0 Å². The van der Waals surface area contributed by atoms with Gasteiger partial charge in [0.1, 0.15) is 5.75 Å². The molecule has 0 unspecified atom stereocenters. The molecule has 1 aromatic rings. The molecule has 0 aliphatic carbocycles. The Morgan fingerprint density at radius 3 is 2.50 bits per heavy atom. The van der Waals surface area contributed by atoms with Crippen LogP contribution in [0, 0.1) is 0 Å². The molecule has 0 aliphatic heterocycles. The molecular formula is C12H11F3O. The number of benzene rings is 1. The van der Waals surface area contributed by atoms with E-state index in [1.54, 1.807) is 25.1 Å². The first-order chi connectivity index (χ1) is 7.44. The molecule has 0 saturated carbocycles. The Morgan fingerprint density at radius 2 is 1.94 bits per heavy atom. The number of hydrogen-bond donors (Lipinski definition) is 0. The SMILES string of the molecule is C=C/C=C(\C)c1ccccc1OC(F)(F)F. The minimum atomic E-state index is -4.68. The zero-order valence-corrected chi connectivity index (χ0v) is 8.71. The number of alkyl halides is 3. The van der Waals surface area contributed by atoms with Crippen LogP contribution in [0.25, 0.3) is 5.57 Å². The number of halogens is 3. The molecule has 0 aliphatic rings. The molecular weight excluding hydrogens is 217 g/mol. The van der Waals surface area contributed by atoms with Crippen LogP contribution in [0.5, 0.6) is 5.75 Å². The lowest BCUT2D eigenvalue weighted by Crippen LogP contribution is -2.17. The van der Waals surface area contributed by atoms with Crippen molar-refractivity contribution >= 4 is 5.57 Å². The second-order valence-electron chi connectivity index (χ2n) is 3.13. The zero-order valence-electron chi connectivity index (χ0n) is 8.71. The number of hydrogen-bond acceptors (Lipinski definition) is 1. The van der Waals surface area contributed by atoms with Crippen LogP contribution >= 0.6 is 0 Å². The Hall–Kier alpha value is -1.71. The highest BCUT2D eigenvalue weighted by atomic mass is 19.4. The Kier molecular flexibility index (Phi) is 3.77. The van der Waals surface area contributed by atoms with Crippen LogP contribution in [0.3, 0.4) is 0 Å². The first-order valence-electron chi connectivity index (χ1n) is 4.58. The van der Waals surface area contributed by atoms with Gasteiger partial charge in [-0.25, -0.2) is 0 Å². The number of allylic oxidation sites excluding steroid dienone is 3.